The molecule has 154 valence electrons. The van der Waals surface area contributed by atoms with Crippen molar-refractivity contribution in [2.24, 2.45) is 5.92 Å². The third kappa shape index (κ3) is 3.88. The van der Waals surface area contributed by atoms with Crippen molar-refractivity contribution in [3.8, 4) is 5.75 Å². The van der Waals surface area contributed by atoms with Crippen LogP contribution >= 0.6 is 0 Å². The summed E-state index contributed by atoms with van der Waals surface area (Å²) in [5.41, 5.74) is 0.967. The molecule has 1 aliphatic heterocycles. The minimum Gasteiger partial charge on any atom is -0.497 e. The summed E-state index contributed by atoms with van der Waals surface area (Å²) in [7, 11) is 3.48. The first kappa shape index (κ1) is 20.6. The van der Waals surface area contributed by atoms with Crippen LogP contribution < -0.4 is 4.74 Å². The van der Waals surface area contributed by atoms with E-state index in [2.05, 4.69) is 18.7 Å². The highest BCUT2D eigenvalue weighted by molar-refractivity contribution is 5.95. The van der Waals surface area contributed by atoms with E-state index in [1.54, 1.807) is 13.2 Å². The topological polar surface area (TPSA) is 59.1 Å². The van der Waals surface area contributed by atoms with E-state index >= 15 is 0 Å². The average Bonchev–Trinajstić information content (AvgIpc) is 2.99. The quantitative estimate of drug-likeness (QED) is 0.672. The summed E-state index contributed by atoms with van der Waals surface area (Å²) in [6.07, 6.45) is 2.87. The lowest BCUT2D eigenvalue weighted by Crippen LogP contribution is -2.42. The lowest BCUT2D eigenvalue weighted by atomic mass is 9.74. The molecule has 1 aliphatic carbocycles. The number of rotatable bonds is 7. The maximum atomic E-state index is 12.9. The fourth-order valence-corrected chi connectivity index (χ4v) is 4.46. The molecule has 1 saturated carbocycles. The van der Waals surface area contributed by atoms with E-state index in [9.17, 15) is 9.59 Å². The zero-order valence-electron chi connectivity index (χ0n) is 17.5. The van der Waals surface area contributed by atoms with Crippen molar-refractivity contribution in [3.63, 3.8) is 0 Å². The van der Waals surface area contributed by atoms with Gasteiger partial charge >= 0.3 is 5.97 Å². The number of ether oxygens (including phenoxy) is 2. The standard InChI is InChI=1S/C22H32N2O4/c1-5-24(6-2)14-13-23(3)20(25)16-9-11-22(12-10-16)19-8-7-17(27-4)15-18(19)21(26)28-22/h7-8,15-16H,5-6,9-14H2,1-4H3/t16-,22-. The summed E-state index contributed by atoms with van der Waals surface area (Å²) in [4.78, 5) is 29.4. The van der Waals surface area contributed by atoms with Crippen LogP contribution in [0.25, 0.3) is 0 Å². The molecule has 0 bridgehead atoms. The van der Waals surface area contributed by atoms with Crippen LogP contribution in [-0.2, 0) is 15.1 Å². The number of esters is 1. The largest absolute Gasteiger partial charge is 0.497 e. The number of amides is 1. The summed E-state index contributed by atoms with van der Waals surface area (Å²) in [6.45, 7) is 7.93. The van der Waals surface area contributed by atoms with Crippen LogP contribution in [0.15, 0.2) is 18.2 Å². The van der Waals surface area contributed by atoms with Crippen LogP contribution in [0.5, 0.6) is 5.75 Å². The Bertz CT molecular complexity index is 721. The van der Waals surface area contributed by atoms with E-state index in [4.69, 9.17) is 9.47 Å². The highest BCUT2D eigenvalue weighted by Crippen LogP contribution is 2.48. The summed E-state index contributed by atoms with van der Waals surface area (Å²) < 4.78 is 11.1. The predicted octanol–water partition coefficient (Wildman–Crippen LogP) is 3.05. The Labute approximate surface area is 167 Å². The molecule has 6 nitrogen and oxygen atoms in total. The molecule has 0 aromatic heterocycles. The third-order valence-electron chi connectivity index (χ3n) is 6.39. The monoisotopic (exact) mass is 388 g/mol. The Morgan fingerprint density at radius 2 is 1.89 bits per heavy atom. The maximum absolute atomic E-state index is 12.9. The van der Waals surface area contributed by atoms with Crippen molar-refractivity contribution >= 4 is 11.9 Å². The lowest BCUT2D eigenvalue weighted by molar-refractivity contribution is -0.137. The van der Waals surface area contributed by atoms with Gasteiger partial charge in [0, 0.05) is 31.6 Å². The van der Waals surface area contributed by atoms with Crippen molar-refractivity contribution in [2.45, 2.75) is 45.1 Å². The molecule has 0 unspecified atom stereocenters. The molecule has 1 heterocycles. The van der Waals surface area contributed by atoms with Gasteiger partial charge < -0.3 is 19.3 Å². The second-order valence-electron chi connectivity index (χ2n) is 7.86. The number of fused-ring (bicyclic) bond motifs is 2. The van der Waals surface area contributed by atoms with Crippen molar-refractivity contribution in [1.29, 1.82) is 0 Å². The zero-order valence-corrected chi connectivity index (χ0v) is 17.5. The Morgan fingerprint density at radius 3 is 2.50 bits per heavy atom. The molecule has 0 radical (unpaired) electrons. The molecule has 3 rings (SSSR count). The fourth-order valence-electron chi connectivity index (χ4n) is 4.46. The average molecular weight is 389 g/mol. The summed E-state index contributed by atoms with van der Waals surface area (Å²) >= 11 is 0. The van der Waals surface area contributed by atoms with Crippen LogP contribution in [0.3, 0.4) is 0 Å². The molecule has 0 saturated heterocycles. The van der Waals surface area contributed by atoms with Crippen LogP contribution in [0.4, 0.5) is 0 Å². The Hall–Kier alpha value is -2.08. The maximum Gasteiger partial charge on any atom is 0.339 e. The van der Waals surface area contributed by atoms with Gasteiger partial charge in [-0.1, -0.05) is 19.9 Å². The first-order valence-electron chi connectivity index (χ1n) is 10.3. The second-order valence-corrected chi connectivity index (χ2v) is 7.86. The highest BCUT2D eigenvalue weighted by Gasteiger charge is 2.48. The third-order valence-corrected chi connectivity index (χ3v) is 6.39. The zero-order chi connectivity index (χ0) is 20.3. The second kappa shape index (κ2) is 8.52. The number of carbonyl (C=O) groups is 2. The Balaban J connectivity index is 1.62. The SMILES string of the molecule is CCN(CC)CCN(C)C(=O)[C@H]1CC[C@@]2(CC1)OC(=O)c1cc(OC)ccc12. The minimum absolute atomic E-state index is 0.00771. The normalized spacial score (nSPS) is 23.6. The summed E-state index contributed by atoms with van der Waals surface area (Å²) in [5.74, 6) is 0.594. The number of benzene rings is 1. The summed E-state index contributed by atoms with van der Waals surface area (Å²) in [5, 5.41) is 0. The van der Waals surface area contributed by atoms with E-state index in [1.165, 1.54) is 0 Å². The van der Waals surface area contributed by atoms with Gasteiger partial charge in [-0.05, 0) is 50.9 Å². The van der Waals surface area contributed by atoms with Gasteiger partial charge in [-0.25, -0.2) is 4.79 Å². The van der Waals surface area contributed by atoms with Crippen LogP contribution in [0.1, 0.15) is 55.5 Å². The molecule has 1 aromatic rings. The van der Waals surface area contributed by atoms with E-state index in [0.29, 0.717) is 24.2 Å². The van der Waals surface area contributed by atoms with Crippen LogP contribution in [0.2, 0.25) is 0 Å². The molecule has 1 amide bonds. The molecule has 1 spiro atoms. The van der Waals surface area contributed by atoms with E-state index in [0.717, 1.165) is 44.6 Å². The molecule has 1 aromatic carbocycles. The number of nitrogens with zero attached hydrogens (tertiary/aromatic N) is 2. The number of hydrogen-bond donors (Lipinski definition) is 0. The van der Waals surface area contributed by atoms with Gasteiger partial charge in [-0.2, -0.15) is 0 Å². The number of carbonyl (C=O) groups excluding carboxylic acids is 2. The van der Waals surface area contributed by atoms with Gasteiger partial charge in [0.1, 0.15) is 11.4 Å². The molecular formula is C22H32N2O4. The van der Waals surface area contributed by atoms with E-state index in [-0.39, 0.29) is 17.8 Å². The molecule has 28 heavy (non-hydrogen) atoms. The van der Waals surface area contributed by atoms with E-state index < -0.39 is 5.60 Å². The molecule has 6 heteroatoms. The molecule has 0 N–H and O–H groups in total. The van der Waals surface area contributed by atoms with Gasteiger partial charge in [-0.3, -0.25) is 4.79 Å². The first-order valence-corrected chi connectivity index (χ1v) is 10.3. The minimum atomic E-state index is -0.574. The highest BCUT2D eigenvalue weighted by atomic mass is 16.6. The molecular weight excluding hydrogens is 356 g/mol. The summed E-state index contributed by atoms with van der Waals surface area (Å²) in [6, 6.07) is 5.57. The molecule has 2 aliphatic rings. The number of likely N-dealkylation sites (N-methyl/N-ethyl adjacent to an activating group) is 2. The van der Waals surface area contributed by atoms with Crippen molar-refractivity contribution < 1.29 is 19.1 Å². The van der Waals surface area contributed by atoms with Gasteiger partial charge in [0.25, 0.3) is 0 Å². The first-order chi connectivity index (χ1) is 13.4. The Kier molecular flexibility index (Phi) is 6.28. The smallest absolute Gasteiger partial charge is 0.339 e. The van der Waals surface area contributed by atoms with Crippen LogP contribution in [0, 0.1) is 5.92 Å². The molecule has 1 fully saturated rings. The van der Waals surface area contributed by atoms with Gasteiger partial charge in [0.15, 0.2) is 0 Å². The van der Waals surface area contributed by atoms with Gasteiger partial charge in [0.2, 0.25) is 5.91 Å². The van der Waals surface area contributed by atoms with Crippen molar-refractivity contribution in [1.82, 2.24) is 9.80 Å². The molecule has 0 atom stereocenters. The van der Waals surface area contributed by atoms with Gasteiger partial charge in [-0.15, -0.1) is 0 Å². The lowest BCUT2D eigenvalue weighted by Gasteiger charge is -2.37. The number of methoxy groups -OCH3 is 1. The van der Waals surface area contributed by atoms with Crippen LogP contribution in [-0.4, -0.2) is 62.0 Å². The van der Waals surface area contributed by atoms with Crippen molar-refractivity contribution in [2.75, 3.05) is 40.3 Å². The van der Waals surface area contributed by atoms with E-state index in [1.807, 2.05) is 24.1 Å². The fraction of sp³-hybridized carbons (Fsp3) is 0.636. The van der Waals surface area contributed by atoms with Gasteiger partial charge in [0.05, 0.1) is 12.7 Å². The number of hydrogen-bond acceptors (Lipinski definition) is 5. The Morgan fingerprint density at radius 1 is 1.21 bits per heavy atom. The predicted molar refractivity (Wildman–Crippen MR) is 107 cm³/mol. The van der Waals surface area contributed by atoms with Crippen molar-refractivity contribution in [3.05, 3.63) is 29.3 Å².